The molecule has 0 aliphatic heterocycles. The summed E-state index contributed by atoms with van der Waals surface area (Å²) in [7, 11) is 0. The van der Waals surface area contributed by atoms with Crippen LogP contribution in [0.4, 0.5) is 0 Å². The van der Waals surface area contributed by atoms with Gasteiger partial charge in [-0.15, -0.1) is 0 Å². The first-order valence-corrected chi connectivity index (χ1v) is 5.27. The topological polar surface area (TPSA) is 57.2 Å². The fraction of sp³-hybridized carbons (Fsp3) is 0.545. The van der Waals surface area contributed by atoms with Crippen molar-refractivity contribution in [2.24, 2.45) is 0 Å². The number of rotatable bonds is 7. The van der Waals surface area contributed by atoms with E-state index in [1.165, 1.54) is 5.56 Å². The molecule has 0 spiro atoms. The second-order valence-electron chi connectivity index (χ2n) is 3.59. The fourth-order valence-electron chi connectivity index (χ4n) is 1.22. The van der Waals surface area contributed by atoms with Crippen LogP contribution in [-0.2, 0) is 6.54 Å². The van der Waals surface area contributed by atoms with Gasteiger partial charge in [-0.2, -0.15) is 0 Å². The summed E-state index contributed by atoms with van der Waals surface area (Å²) in [6.45, 7) is 5.02. The van der Waals surface area contributed by atoms with Gasteiger partial charge in [-0.05, 0) is 18.6 Å². The average molecular weight is 209 g/mol. The van der Waals surface area contributed by atoms with Crippen molar-refractivity contribution in [3.63, 3.8) is 0 Å². The van der Waals surface area contributed by atoms with E-state index in [1.54, 1.807) is 13.1 Å². The van der Waals surface area contributed by atoms with Crippen LogP contribution >= 0.6 is 0 Å². The largest absolute Gasteiger partial charge is 0.392 e. The molecule has 0 aliphatic carbocycles. The Morgan fingerprint density at radius 2 is 2.20 bits per heavy atom. The number of aliphatic hydroxyl groups is 1. The lowest BCUT2D eigenvalue weighted by atomic mass is 10.3. The van der Waals surface area contributed by atoms with Gasteiger partial charge in [0.1, 0.15) is 0 Å². The summed E-state index contributed by atoms with van der Waals surface area (Å²) in [5.41, 5.74) is 1.19. The minimum atomic E-state index is -0.275. The number of pyridine rings is 1. The second-order valence-corrected chi connectivity index (χ2v) is 3.59. The van der Waals surface area contributed by atoms with Crippen molar-refractivity contribution in [2.45, 2.75) is 19.6 Å². The Morgan fingerprint density at radius 3 is 2.87 bits per heavy atom. The molecular formula is C11H19N3O. The Balaban J connectivity index is 1.98. The molecule has 0 amide bonds. The van der Waals surface area contributed by atoms with Gasteiger partial charge in [0.2, 0.25) is 0 Å². The summed E-state index contributed by atoms with van der Waals surface area (Å²) in [6, 6.07) is 3.98. The molecule has 0 bridgehead atoms. The molecule has 15 heavy (non-hydrogen) atoms. The van der Waals surface area contributed by atoms with Crippen LogP contribution in [0, 0.1) is 0 Å². The zero-order valence-corrected chi connectivity index (χ0v) is 9.11. The average Bonchev–Trinajstić information content (AvgIpc) is 2.24. The van der Waals surface area contributed by atoms with Gasteiger partial charge in [0, 0.05) is 38.6 Å². The molecule has 1 aromatic heterocycles. The summed E-state index contributed by atoms with van der Waals surface area (Å²) in [5.74, 6) is 0. The number of aliphatic hydroxyl groups excluding tert-OH is 1. The zero-order chi connectivity index (χ0) is 10.9. The highest BCUT2D eigenvalue weighted by Gasteiger charge is 1.94. The van der Waals surface area contributed by atoms with Crippen LogP contribution < -0.4 is 10.6 Å². The van der Waals surface area contributed by atoms with Crippen LogP contribution in [0.1, 0.15) is 12.5 Å². The quantitative estimate of drug-likeness (QED) is 0.559. The van der Waals surface area contributed by atoms with E-state index in [0.717, 1.165) is 19.6 Å². The second kappa shape index (κ2) is 7.34. The normalized spacial score (nSPS) is 12.7. The number of aromatic nitrogens is 1. The Labute approximate surface area is 90.7 Å². The third-order valence-corrected chi connectivity index (χ3v) is 1.97. The van der Waals surface area contributed by atoms with E-state index in [9.17, 15) is 0 Å². The predicted molar refractivity (Wildman–Crippen MR) is 60.5 cm³/mol. The number of nitrogens with zero attached hydrogens (tertiary/aromatic N) is 1. The van der Waals surface area contributed by atoms with Crippen molar-refractivity contribution in [1.82, 2.24) is 15.6 Å². The van der Waals surface area contributed by atoms with Crippen molar-refractivity contribution < 1.29 is 5.11 Å². The number of nitrogens with one attached hydrogen (secondary N) is 2. The van der Waals surface area contributed by atoms with E-state index in [4.69, 9.17) is 5.11 Å². The Morgan fingerprint density at radius 1 is 1.40 bits per heavy atom. The highest BCUT2D eigenvalue weighted by molar-refractivity contribution is 5.07. The van der Waals surface area contributed by atoms with Gasteiger partial charge in [-0.1, -0.05) is 6.07 Å². The van der Waals surface area contributed by atoms with Crippen LogP contribution in [0.25, 0.3) is 0 Å². The highest BCUT2D eigenvalue weighted by Crippen LogP contribution is 1.93. The molecule has 0 fully saturated rings. The van der Waals surface area contributed by atoms with E-state index in [2.05, 4.69) is 15.6 Å². The van der Waals surface area contributed by atoms with Gasteiger partial charge >= 0.3 is 0 Å². The maximum atomic E-state index is 9.00. The van der Waals surface area contributed by atoms with Gasteiger partial charge in [-0.25, -0.2) is 0 Å². The van der Waals surface area contributed by atoms with E-state index in [1.807, 2.05) is 18.3 Å². The summed E-state index contributed by atoms with van der Waals surface area (Å²) in [4.78, 5) is 4.03. The van der Waals surface area contributed by atoms with E-state index in [-0.39, 0.29) is 6.10 Å². The van der Waals surface area contributed by atoms with Crippen molar-refractivity contribution >= 4 is 0 Å². The number of hydrogen-bond acceptors (Lipinski definition) is 4. The molecule has 0 saturated heterocycles. The van der Waals surface area contributed by atoms with Gasteiger partial charge < -0.3 is 15.7 Å². The first kappa shape index (κ1) is 12.1. The summed E-state index contributed by atoms with van der Waals surface area (Å²) in [6.07, 6.45) is 3.35. The monoisotopic (exact) mass is 209 g/mol. The van der Waals surface area contributed by atoms with E-state index in [0.29, 0.717) is 6.54 Å². The van der Waals surface area contributed by atoms with Crippen LogP contribution in [-0.4, -0.2) is 35.8 Å². The molecule has 0 radical (unpaired) electrons. The van der Waals surface area contributed by atoms with Crippen LogP contribution in [0.2, 0.25) is 0 Å². The first-order valence-electron chi connectivity index (χ1n) is 5.27. The molecule has 84 valence electrons. The molecule has 1 heterocycles. The van der Waals surface area contributed by atoms with Gasteiger partial charge in [0.05, 0.1) is 6.10 Å². The molecule has 1 aromatic rings. The Kier molecular flexibility index (Phi) is 5.92. The molecule has 0 unspecified atom stereocenters. The SMILES string of the molecule is C[C@H](O)CNCCNCc1cccnc1. The first-order chi connectivity index (χ1) is 7.29. The van der Waals surface area contributed by atoms with Crippen molar-refractivity contribution in [2.75, 3.05) is 19.6 Å². The summed E-state index contributed by atoms with van der Waals surface area (Å²) >= 11 is 0. The lowest BCUT2D eigenvalue weighted by molar-refractivity contribution is 0.191. The van der Waals surface area contributed by atoms with Crippen molar-refractivity contribution in [3.8, 4) is 0 Å². The Hall–Kier alpha value is -0.970. The fourth-order valence-corrected chi connectivity index (χ4v) is 1.22. The molecular weight excluding hydrogens is 190 g/mol. The van der Waals surface area contributed by atoms with Gasteiger partial charge in [0.15, 0.2) is 0 Å². The molecule has 4 nitrogen and oxygen atoms in total. The third kappa shape index (κ3) is 6.17. The third-order valence-electron chi connectivity index (χ3n) is 1.97. The Bertz CT molecular complexity index is 251. The highest BCUT2D eigenvalue weighted by atomic mass is 16.3. The minimum absolute atomic E-state index is 0.275. The van der Waals surface area contributed by atoms with E-state index < -0.39 is 0 Å². The standard InChI is InChI=1S/C11H19N3O/c1-10(15)7-13-5-6-14-9-11-3-2-4-12-8-11/h2-4,8,10,13-15H,5-7,9H2,1H3/t10-/m0/s1. The number of hydrogen-bond donors (Lipinski definition) is 3. The molecule has 0 aromatic carbocycles. The van der Waals surface area contributed by atoms with Crippen LogP contribution in [0.5, 0.6) is 0 Å². The zero-order valence-electron chi connectivity index (χ0n) is 9.11. The van der Waals surface area contributed by atoms with Crippen LogP contribution in [0.15, 0.2) is 24.5 Å². The molecule has 1 atom stereocenters. The lowest BCUT2D eigenvalue weighted by Crippen LogP contribution is -2.31. The van der Waals surface area contributed by atoms with Gasteiger partial charge in [-0.3, -0.25) is 4.98 Å². The van der Waals surface area contributed by atoms with Crippen molar-refractivity contribution in [1.29, 1.82) is 0 Å². The van der Waals surface area contributed by atoms with Crippen LogP contribution in [0.3, 0.4) is 0 Å². The predicted octanol–water partition coefficient (Wildman–Crippen LogP) is 0.142. The maximum Gasteiger partial charge on any atom is 0.0636 e. The molecule has 1 rings (SSSR count). The summed E-state index contributed by atoms with van der Waals surface area (Å²) < 4.78 is 0. The van der Waals surface area contributed by atoms with Gasteiger partial charge in [0.25, 0.3) is 0 Å². The van der Waals surface area contributed by atoms with Crippen molar-refractivity contribution in [3.05, 3.63) is 30.1 Å². The smallest absolute Gasteiger partial charge is 0.0636 e. The summed E-state index contributed by atoms with van der Waals surface area (Å²) in [5, 5.41) is 15.4. The molecule has 4 heteroatoms. The lowest BCUT2D eigenvalue weighted by Gasteiger charge is -2.07. The van der Waals surface area contributed by atoms with E-state index >= 15 is 0 Å². The molecule has 0 saturated carbocycles. The molecule has 3 N–H and O–H groups in total. The molecule has 0 aliphatic rings. The maximum absolute atomic E-state index is 9.00. The minimum Gasteiger partial charge on any atom is -0.392 e.